The Morgan fingerprint density at radius 1 is 1.50 bits per heavy atom. The van der Waals surface area contributed by atoms with Crippen LogP contribution in [0.15, 0.2) is 24.3 Å². The van der Waals surface area contributed by atoms with Gasteiger partial charge < -0.3 is 5.32 Å². The van der Waals surface area contributed by atoms with Crippen molar-refractivity contribution in [1.29, 1.82) is 0 Å². The number of allylic oxidation sites excluding steroid dienone is 1. The monoisotopic (exact) mass is 221 g/mol. The summed E-state index contributed by atoms with van der Waals surface area (Å²) in [6, 6.07) is 0.188. The fourth-order valence-electron chi connectivity index (χ4n) is 2.26. The topological polar surface area (TPSA) is 29.1 Å². The van der Waals surface area contributed by atoms with Gasteiger partial charge in [0.1, 0.15) is 0 Å². The molecule has 1 rings (SSSR count). The van der Waals surface area contributed by atoms with E-state index in [0.717, 1.165) is 12.8 Å². The van der Waals surface area contributed by atoms with Crippen LogP contribution in [-0.4, -0.2) is 11.9 Å². The molecule has 1 unspecified atom stereocenters. The van der Waals surface area contributed by atoms with Gasteiger partial charge in [0.15, 0.2) is 0 Å². The van der Waals surface area contributed by atoms with Crippen LogP contribution in [0.1, 0.15) is 46.5 Å². The molecule has 1 atom stereocenters. The Morgan fingerprint density at radius 2 is 2.19 bits per heavy atom. The number of carbonyl (C=O) groups is 1. The lowest BCUT2D eigenvalue weighted by Crippen LogP contribution is -2.38. The second-order valence-corrected chi connectivity index (χ2v) is 5.46. The minimum absolute atomic E-state index is 0.0675. The number of rotatable bonds is 2. The summed E-state index contributed by atoms with van der Waals surface area (Å²) in [6.45, 7) is 10.1. The van der Waals surface area contributed by atoms with Gasteiger partial charge in [-0.25, -0.2) is 0 Å². The molecule has 0 spiro atoms. The average Bonchev–Trinajstić information content (AvgIpc) is 2.42. The predicted molar refractivity (Wildman–Crippen MR) is 68.1 cm³/mol. The highest BCUT2D eigenvalue weighted by Crippen LogP contribution is 2.32. The summed E-state index contributed by atoms with van der Waals surface area (Å²) >= 11 is 0. The summed E-state index contributed by atoms with van der Waals surface area (Å²) in [5.74, 6) is -0.0675. The summed E-state index contributed by atoms with van der Waals surface area (Å²) in [5.41, 5.74) is 1.49. The molecule has 0 fully saturated rings. The van der Waals surface area contributed by atoms with Gasteiger partial charge in [-0.05, 0) is 36.3 Å². The van der Waals surface area contributed by atoms with E-state index >= 15 is 0 Å². The maximum absolute atomic E-state index is 11.4. The zero-order valence-electron chi connectivity index (χ0n) is 10.7. The van der Waals surface area contributed by atoms with Crippen molar-refractivity contribution in [3.05, 3.63) is 24.3 Å². The second-order valence-electron chi connectivity index (χ2n) is 5.46. The lowest BCUT2D eigenvalue weighted by molar-refractivity contribution is -0.117. The quantitative estimate of drug-likeness (QED) is 0.563. The van der Waals surface area contributed by atoms with Crippen LogP contribution in [0, 0.1) is 5.41 Å². The summed E-state index contributed by atoms with van der Waals surface area (Å²) in [4.78, 5) is 11.4. The molecule has 0 aromatic rings. The van der Waals surface area contributed by atoms with Crippen LogP contribution in [0.2, 0.25) is 0 Å². The molecule has 0 saturated carbocycles. The third-order valence-corrected chi connectivity index (χ3v) is 3.05. The van der Waals surface area contributed by atoms with Crippen molar-refractivity contribution in [3.8, 4) is 0 Å². The average molecular weight is 221 g/mol. The summed E-state index contributed by atoms with van der Waals surface area (Å²) in [7, 11) is 0. The van der Waals surface area contributed by atoms with Gasteiger partial charge in [0.05, 0.1) is 6.04 Å². The highest BCUT2D eigenvalue weighted by atomic mass is 16.1. The minimum atomic E-state index is -0.0675. The lowest BCUT2D eigenvalue weighted by Gasteiger charge is -2.30. The lowest BCUT2D eigenvalue weighted by atomic mass is 9.81. The van der Waals surface area contributed by atoms with Gasteiger partial charge in [-0.2, -0.15) is 0 Å². The van der Waals surface area contributed by atoms with Gasteiger partial charge in [0.25, 0.3) is 0 Å². The smallest absolute Gasteiger partial charge is 0.243 e. The third kappa shape index (κ3) is 3.51. The van der Waals surface area contributed by atoms with Crippen LogP contribution in [0.5, 0.6) is 0 Å². The fraction of sp³-hybridized carbons (Fsp3) is 0.643. The molecule has 90 valence electrons. The first-order valence-corrected chi connectivity index (χ1v) is 6.08. The second kappa shape index (κ2) is 5.33. The van der Waals surface area contributed by atoms with Crippen LogP contribution < -0.4 is 5.32 Å². The first-order valence-electron chi connectivity index (χ1n) is 6.08. The Balaban J connectivity index is 2.84. The summed E-state index contributed by atoms with van der Waals surface area (Å²) in [6.07, 6.45) is 8.24. The van der Waals surface area contributed by atoms with Crippen molar-refractivity contribution < 1.29 is 4.79 Å². The first kappa shape index (κ1) is 13.0. The molecule has 16 heavy (non-hydrogen) atoms. The molecule has 0 heterocycles. The Morgan fingerprint density at radius 3 is 2.75 bits per heavy atom. The van der Waals surface area contributed by atoms with E-state index in [1.54, 1.807) is 0 Å². The highest BCUT2D eigenvalue weighted by molar-refractivity contribution is 5.87. The molecule has 0 bridgehead atoms. The van der Waals surface area contributed by atoms with E-state index in [4.69, 9.17) is 0 Å². The molecule has 0 radical (unpaired) electrons. The van der Waals surface area contributed by atoms with Crippen molar-refractivity contribution in [2.45, 2.75) is 52.5 Å². The van der Waals surface area contributed by atoms with Crippen molar-refractivity contribution in [1.82, 2.24) is 5.32 Å². The Labute approximate surface area is 98.8 Å². The van der Waals surface area contributed by atoms with E-state index in [1.807, 2.05) is 0 Å². The molecule has 1 aliphatic rings. The molecule has 0 aliphatic heterocycles. The van der Waals surface area contributed by atoms with Gasteiger partial charge in [0, 0.05) is 0 Å². The number of amides is 1. The predicted octanol–water partition coefficient (Wildman–Crippen LogP) is 3.20. The van der Waals surface area contributed by atoms with E-state index in [-0.39, 0.29) is 17.4 Å². The zero-order valence-corrected chi connectivity index (χ0v) is 10.7. The first-order chi connectivity index (χ1) is 7.45. The molecule has 1 aliphatic carbocycles. The van der Waals surface area contributed by atoms with Gasteiger partial charge in [0.2, 0.25) is 5.91 Å². The van der Waals surface area contributed by atoms with Crippen LogP contribution in [0.25, 0.3) is 0 Å². The van der Waals surface area contributed by atoms with Gasteiger partial charge in [-0.3, -0.25) is 4.79 Å². The molecule has 0 aromatic carbocycles. The van der Waals surface area contributed by atoms with Gasteiger partial charge in [-0.15, -0.1) is 0 Å². The normalized spacial score (nSPS) is 21.9. The molecule has 1 N–H and O–H groups in total. The van der Waals surface area contributed by atoms with Gasteiger partial charge in [-0.1, -0.05) is 39.8 Å². The SMILES string of the molecule is C=CC(=O)NC1CCCCC=C1C(C)(C)C. The standard InChI is InChI=1S/C14H23NO/c1-5-13(16)15-12-10-8-6-7-9-11(12)14(2,3)4/h5,9,12H,1,6-8,10H2,2-4H3,(H,15,16). The molecule has 2 heteroatoms. The zero-order chi connectivity index (χ0) is 12.2. The molecule has 1 amide bonds. The number of carbonyl (C=O) groups excluding carboxylic acids is 1. The maximum atomic E-state index is 11.4. The Bertz CT molecular complexity index is 296. The largest absolute Gasteiger partial charge is 0.346 e. The van der Waals surface area contributed by atoms with E-state index in [9.17, 15) is 4.79 Å². The van der Waals surface area contributed by atoms with Crippen LogP contribution in [0.3, 0.4) is 0 Å². The number of hydrogen-bond donors (Lipinski definition) is 1. The molecular weight excluding hydrogens is 198 g/mol. The fourth-order valence-corrected chi connectivity index (χ4v) is 2.26. The molecular formula is C14H23NO. The summed E-state index contributed by atoms with van der Waals surface area (Å²) < 4.78 is 0. The van der Waals surface area contributed by atoms with Crippen molar-refractivity contribution >= 4 is 5.91 Å². The number of nitrogens with one attached hydrogen (secondary N) is 1. The summed E-state index contributed by atoms with van der Waals surface area (Å²) in [5, 5.41) is 3.04. The van der Waals surface area contributed by atoms with E-state index in [0.29, 0.717) is 0 Å². The van der Waals surface area contributed by atoms with Crippen LogP contribution in [0.4, 0.5) is 0 Å². The van der Waals surface area contributed by atoms with E-state index in [2.05, 4.69) is 38.7 Å². The Hall–Kier alpha value is -1.05. The highest BCUT2D eigenvalue weighted by Gasteiger charge is 2.26. The molecule has 0 aromatic heterocycles. The van der Waals surface area contributed by atoms with Crippen LogP contribution >= 0.6 is 0 Å². The van der Waals surface area contributed by atoms with Gasteiger partial charge >= 0.3 is 0 Å². The molecule has 2 nitrogen and oxygen atoms in total. The molecule has 0 saturated heterocycles. The minimum Gasteiger partial charge on any atom is -0.346 e. The van der Waals surface area contributed by atoms with E-state index < -0.39 is 0 Å². The van der Waals surface area contributed by atoms with Crippen LogP contribution in [-0.2, 0) is 4.79 Å². The number of hydrogen-bond acceptors (Lipinski definition) is 1. The van der Waals surface area contributed by atoms with Crippen molar-refractivity contribution in [3.63, 3.8) is 0 Å². The van der Waals surface area contributed by atoms with Crippen molar-refractivity contribution in [2.75, 3.05) is 0 Å². The maximum Gasteiger partial charge on any atom is 0.243 e. The third-order valence-electron chi connectivity index (χ3n) is 3.05. The van der Waals surface area contributed by atoms with E-state index in [1.165, 1.54) is 24.5 Å². The Kier molecular flexibility index (Phi) is 4.34. The van der Waals surface area contributed by atoms with Crippen molar-refractivity contribution in [2.24, 2.45) is 5.41 Å².